The summed E-state index contributed by atoms with van der Waals surface area (Å²) >= 11 is 5.97. The number of primary amides is 1. The van der Waals surface area contributed by atoms with Crippen LogP contribution in [-0.4, -0.2) is 16.6 Å². The first-order valence-electron chi connectivity index (χ1n) is 8.27. The molecule has 1 amide bonds. The molecule has 1 saturated carbocycles. The molecule has 0 unspecified atom stereocenters. The third kappa shape index (κ3) is 3.89. The Kier molecular flexibility index (Phi) is 4.89. The molecule has 0 bridgehead atoms. The summed E-state index contributed by atoms with van der Waals surface area (Å²) in [4.78, 5) is 11.7. The Morgan fingerprint density at radius 1 is 1.48 bits per heavy atom. The number of carbonyl (C=O) groups is 1. The van der Waals surface area contributed by atoms with Gasteiger partial charge in [0.25, 0.3) is 5.91 Å². The van der Waals surface area contributed by atoms with Gasteiger partial charge in [0, 0.05) is 16.1 Å². The number of aliphatic hydroxyl groups is 1. The van der Waals surface area contributed by atoms with E-state index in [1.807, 2.05) is 12.1 Å². The molecule has 3 N–H and O–H groups in total. The van der Waals surface area contributed by atoms with E-state index in [0.717, 1.165) is 24.0 Å². The minimum absolute atomic E-state index is 0.00707. The summed E-state index contributed by atoms with van der Waals surface area (Å²) in [5.41, 5.74) is 6.34. The van der Waals surface area contributed by atoms with Crippen LogP contribution in [-0.2, 0) is 0 Å². The van der Waals surface area contributed by atoms with Gasteiger partial charge in [-0.3, -0.25) is 4.79 Å². The largest absolute Gasteiger partial charge is 0.468 e. The molecule has 0 aliphatic heterocycles. The van der Waals surface area contributed by atoms with Crippen molar-refractivity contribution in [2.75, 3.05) is 0 Å². The van der Waals surface area contributed by atoms with Gasteiger partial charge in [-0.05, 0) is 56.7 Å². The highest BCUT2D eigenvalue weighted by Crippen LogP contribution is 2.40. The smallest absolute Gasteiger partial charge is 0.252 e. The summed E-state index contributed by atoms with van der Waals surface area (Å²) in [7, 11) is 0. The van der Waals surface area contributed by atoms with E-state index in [2.05, 4.69) is 11.8 Å². The van der Waals surface area contributed by atoms with Gasteiger partial charge in [-0.1, -0.05) is 29.5 Å². The molecular weight excluding hydrogens is 338 g/mol. The molecule has 2 atom stereocenters. The summed E-state index contributed by atoms with van der Waals surface area (Å²) in [6.07, 6.45) is 4.30. The zero-order valence-corrected chi connectivity index (χ0v) is 14.8. The predicted molar refractivity (Wildman–Crippen MR) is 96.5 cm³/mol. The van der Waals surface area contributed by atoms with E-state index < -0.39 is 11.5 Å². The summed E-state index contributed by atoms with van der Waals surface area (Å²) < 4.78 is 5.39. The van der Waals surface area contributed by atoms with E-state index in [1.54, 1.807) is 25.3 Å². The van der Waals surface area contributed by atoms with Crippen LogP contribution < -0.4 is 5.73 Å². The molecule has 0 radical (unpaired) electrons. The van der Waals surface area contributed by atoms with Crippen molar-refractivity contribution in [2.45, 2.75) is 44.1 Å². The molecule has 2 aromatic rings. The number of nitrogens with two attached hydrogens (primary N) is 1. The zero-order chi connectivity index (χ0) is 18.0. The molecule has 25 heavy (non-hydrogen) atoms. The first-order valence-corrected chi connectivity index (χ1v) is 8.65. The van der Waals surface area contributed by atoms with Crippen LogP contribution in [0.4, 0.5) is 0 Å². The second-order valence-corrected chi connectivity index (χ2v) is 7.01. The molecule has 5 heteroatoms. The molecule has 1 aromatic carbocycles. The quantitative estimate of drug-likeness (QED) is 0.803. The van der Waals surface area contributed by atoms with Crippen LogP contribution in [0, 0.1) is 18.8 Å². The lowest BCUT2D eigenvalue weighted by atomic mass is 9.75. The lowest BCUT2D eigenvalue weighted by Gasteiger charge is -2.33. The highest BCUT2D eigenvalue weighted by molar-refractivity contribution is 6.30. The van der Waals surface area contributed by atoms with Gasteiger partial charge in [0.1, 0.15) is 11.4 Å². The molecule has 0 spiro atoms. The number of hydrogen-bond acceptors (Lipinski definition) is 3. The van der Waals surface area contributed by atoms with Gasteiger partial charge in [-0.15, -0.1) is 0 Å². The number of rotatable bonds is 2. The number of hydrogen-bond donors (Lipinski definition) is 2. The summed E-state index contributed by atoms with van der Waals surface area (Å²) in [6.45, 7) is 1.72. The average molecular weight is 358 g/mol. The molecule has 1 heterocycles. The molecule has 0 saturated heterocycles. The van der Waals surface area contributed by atoms with Crippen LogP contribution in [0.1, 0.15) is 58.8 Å². The third-order valence-corrected chi connectivity index (χ3v) is 4.92. The molecule has 1 aliphatic rings. The molecule has 1 aromatic heterocycles. The van der Waals surface area contributed by atoms with Crippen molar-refractivity contribution in [3.8, 4) is 11.8 Å². The van der Waals surface area contributed by atoms with Crippen molar-refractivity contribution in [3.05, 3.63) is 58.0 Å². The maximum atomic E-state index is 11.7. The molecule has 3 rings (SSSR count). The van der Waals surface area contributed by atoms with Crippen LogP contribution in [0.3, 0.4) is 0 Å². The minimum Gasteiger partial charge on any atom is -0.468 e. The van der Waals surface area contributed by atoms with Crippen LogP contribution in [0.5, 0.6) is 0 Å². The van der Waals surface area contributed by atoms with Gasteiger partial charge in [0.2, 0.25) is 0 Å². The Bertz CT molecular complexity index is 861. The molecule has 1 aliphatic carbocycles. The first kappa shape index (κ1) is 17.6. The van der Waals surface area contributed by atoms with E-state index in [9.17, 15) is 9.90 Å². The number of carbonyl (C=O) groups excluding carboxylic acids is 1. The number of amides is 1. The highest BCUT2D eigenvalue weighted by Gasteiger charge is 2.36. The maximum Gasteiger partial charge on any atom is 0.252 e. The Balaban J connectivity index is 1.85. The Morgan fingerprint density at radius 3 is 3.00 bits per heavy atom. The van der Waals surface area contributed by atoms with Crippen LogP contribution in [0.2, 0.25) is 5.02 Å². The van der Waals surface area contributed by atoms with Crippen molar-refractivity contribution < 1.29 is 14.3 Å². The van der Waals surface area contributed by atoms with Gasteiger partial charge in [-0.2, -0.15) is 0 Å². The summed E-state index contributed by atoms with van der Waals surface area (Å²) in [5.74, 6) is 6.02. The van der Waals surface area contributed by atoms with E-state index in [1.165, 1.54) is 0 Å². The number of halogens is 1. The summed E-state index contributed by atoms with van der Waals surface area (Å²) in [5, 5.41) is 11.5. The minimum atomic E-state index is -1.11. The van der Waals surface area contributed by atoms with E-state index in [0.29, 0.717) is 29.2 Å². The van der Waals surface area contributed by atoms with E-state index >= 15 is 0 Å². The Hall–Kier alpha value is -2.22. The van der Waals surface area contributed by atoms with Crippen molar-refractivity contribution in [2.24, 2.45) is 5.73 Å². The van der Waals surface area contributed by atoms with Crippen molar-refractivity contribution in [1.82, 2.24) is 0 Å². The monoisotopic (exact) mass is 357 g/mol. The second-order valence-electron chi connectivity index (χ2n) is 6.57. The first-order chi connectivity index (χ1) is 11.9. The van der Waals surface area contributed by atoms with Crippen LogP contribution in [0.15, 0.2) is 34.9 Å². The van der Waals surface area contributed by atoms with Crippen molar-refractivity contribution in [1.29, 1.82) is 0 Å². The zero-order valence-electron chi connectivity index (χ0n) is 14.0. The lowest BCUT2D eigenvalue weighted by molar-refractivity contribution is 0.0517. The van der Waals surface area contributed by atoms with Gasteiger partial charge in [0.05, 0.1) is 11.8 Å². The topological polar surface area (TPSA) is 76.5 Å². The van der Waals surface area contributed by atoms with Gasteiger partial charge < -0.3 is 15.3 Å². The van der Waals surface area contributed by atoms with E-state index in [4.69, 9.17) is 21.8 Å². The van der Waals surface area contributed by atoms with Crippen molar-refractivity contribution in [3.63, 3.8) is 0 Å². The predicted octanol–water partition coefficient (Wildman–Crippen LogP) is 3.78. The van der Waals surface area contributed by atoms with Crippen LogP contribution >= 0.6 is 11.6 Å². The van der Waals surface area contributed by atoms with Crippen LogP contribution in [0.25, 0.3) is 0 Å². The molecule has 130 valence electrons. The summed E-state index contributed by atoms with van der Waals surface area (Å²) in [6, 6.07) is 7.23. The maximum absolute atomic E-state index is 11.7. The fraction of sp³-hybridized carbons (Fsp3) is 0.350. The molecule has 1 fully saturated rings. The van der Waals surface area contributed by atoms with E-state index in [-0.39, 0.29) is 5.92 Å². The van der Waals surface area contributed by atoms with Gasteiger partial charge >= 0.3 is 0 Å². The standard InChI is InChI=1S/C20H20ClNO3/c1-13-18(19(22)23)17(12-25-13)15-5-3-8-20(24,11-15)9-7-14-4-2-6-16(21)10-14/h2,4,6,10,12,15,24H,3,5,8,11H2,1H3,(H2,22,23)/t15-,20+/m1/s1. The Labute approximate surface area is 152 Å². The molecule has 4 nitrogen and oxygen atoms in total. The average Bonchev–Trinajstić information content (AvgIpc) is 2.95. The third-order valence-electron chi connectivity index (χ3n) is 4.68. The number of furan rings is 1. The normalized spacial score (nSPS) is 22.9. The number of benzene rings is 1. The molecular formula is C20H20ClNO3. The Morgan fingerprint density at radius 2 is 2.28 bits per heavy atom. The fourth-order valence-corrected chi connectivity index (χ4v) is 3.67. The van der Waals surface area contributed by atoms with Gasteiger partial charge in [0.15, 0.2) is 0 Å². The SMILES string of the molecule is Cc1occ([C@@H]2CCC[C@](O)(C#Cc3cccc(Cl)c3)C2)c1C(N)=O. The highest BCUT2D eigenvalue weighted by atomic mass is 35.5. The lowest BCUT2D eigenvalue weighted by Crippen LogP contribution is -2.33. The second kappa shape index (κ2) is 6.95. The van der Waals surface area contributed by atoms with Crippen molar-refractivity contribution >= 4 is 17.5 Å². The fourth-order valence-electron chi connectivity index (χ4n) is 3.48. The van der Waals surface area contributed by atoms with Gasteiger partial charge in [-0.25, -0.2) is 0 Å². The number of aryl methyl sites for hydroxylation is 1.